The lowest BCUT2D eigenvalue weighted by atomic mass is 9.82. The summed E-state index contributed by atoms with van der Waals surface area (Å²) in [6.45, 7) is 4.73. The molecule has 0 aliphatic heterocycles. The van der Waals surface area contributed by atoms with E-state index in [1.165, 1.54) is 81.1 Å². The molecular weight excluding hydrogens is 635 g/mol. The van der Waals surface area contributed by atoms with Gasteiger partial charge in [-0.25, -0.2) is 0 Å². The van der Waals surface area contributed by atoms with Gasteiger partial charge in [0, 0.05) is 42.3 Å². The van der Waals surface area contributed by atoms with Gasteiger partial charge in [-0.3, -0.25) is 0 Å². The second-order valence-corrected chi connectivity index (χ2v) is 15.2. The molecule has 51 heavy (non-hydrogen) atoms. The predicted octanol–water partition coefficient (Wildman–Crippen LogP) is 14.3. The van der Waals surface area contributed by atoms with E-state index >= 15 is 0 Å². The van der Waals surface area contributed by atoms with Crippen molar-refractivity contribution in [1.82, 2.24) is 0 Å². The summed E-state index contributed by atoms with van der Waals surface area (Å²) >= 11 is 1.90. The molecule has 10 rings (SSSR count). The van der Waals surface area contributed by atoms with E-state index in [9.17, 15) is 0 Å². The fourth-order valence-electron chi connectivity index (χ4n) is 8.35. The van der Waals surface area contributed by atoms with Crippen molar-refractivity contribution in [3.05, 3.63) is 187 Å². The van der Waals surface area contributed by atoms with Gasteiger partial charge in [0.1, 0.15) is 0 Å². The minimum absolute atomic E-state index is 0.108. The Bertz CT molecular complexity index is 2760. The van der Waals surface area contributed by atoms with E-state index < -0.39 is 0 Å². The van der Waals surface area contributed by atoms with Crippen molar-refractivity contribution in [2.45, 2.75) is 19.3 Å². The maximum absolute atomic E-state index is 2.50. The SMILES string of the molecule is CC1(C)c2ccccc2-c2ccc(N(c3ccc(-c4ccccc4)cc3)c3cccc4c(-c5ccccc5)cc5c6ccccc6sc5c34)cc21. The second kappa shape index (κ2) is 11.6. The Morgan fingerprint density at radius 3 is 1.86 bits per heavy atom. The summed E-state index contributed by atoms with van der Waals surface area (Å²) in [5.41, 5.74) is 13.7. The van der Waals surface area contributed by atoms with Crippen molar-refractivity contribution < 1.29 is 0 Å². The highest BCUT2D eigenvalue weighted by Crippen LogP contribution is 2.52. The Morgan fingerprint density at radius 1 is 0.431 bits per heavy atom. The highest BCUT2D eigenvalue weighted by molar-refractivity contribution is 7.26. The van der Waals surface area contributed by atoms with Crippen LogP contribution in [0.25, 0.3) is 64.3 Å². The molecule has 0 saturated carbocycles. The van der Waals surface area contributed by atoms with Crippen LogP contribution in [0.1, 0.15) is 25.0 Å². The van der Waals surface area contributed by atoms with Crippen molar-refractivity contribution in [2.75, 3.05) is 4.90 Å². The third-order valence-electron chi connectivity index (χ3n) is 10.9. The van der Waals surface area contributed by atoms with E-state index in [1.54, 1.807) is 0 Å². The number of thiophene rings is 1. The summed E-state index contributed by atoms with van der Waals surface area (Å²) in [6, 6.07) is 64.8. The van der Waals surface area contributed by atoms with Gasteiger partial charge in [-0.1, -0.05) is 147 Å². The van der Waals surface area contributed by atoms with Crippen LogP contribution in [0.5, 0.6) is 0 Å². The number of fused-ring (bicyclic) bond motifs is 8. The van der Waals surface area contributed by atoms with Gasteiger partial charge < -0.3 is 4.90 Å². The third-order valence-corrected chi connectivity index (χ3v) is 12.1. The summed E-state index contributed by atoms with van der Waals surface area (Å²) in [5, 5.41) is 5.16. The van der Waals surface area contributed by atoms with E-state index in [0.717, 1.165) is 11.4 Å². The quantitative estimate of drug-likeness (QED) is 0.176. The molecule has 242 valence electrons. The van der Waals surface area contributed by atoms with Gasteiger partial charge in [-0.05, 0) is 92.4 Å². The summed E-state index contributed by atoms with van der Waals surface area (Å²) < 4.78 is 2.63. The number of anilines is 3. The molecule has 8 aromatic carbocycles. The third kappa shape index (κ3) is 4.67. The first-order valence-corrected chi connectivity index (χ1v) is 18.5. The summed E-state index contributed by atoms with van der Waals surface area (Å²) in [4.78, 5) is 2.50. The van der Waals surface area contributed by atoms with Crippen molar-refractivity contribution in [2.24, 2.45) is 0 Å². The molecular formula is C49H35NS. The fraction of sp³-hybridized carbons (Fsp3) is 0.0612. The Balaban J connectivity index is 1.27. The molecule has 1 aliphatic carbocycles. The van der Waals surface area contributed by atoms with Gasteiger partial charge in [0.05, 0.1) is 5.69 Å². The molecule has 1 heterocycles. The van der Waals surface area contributed by atoms with Crippen LogP contribution in [0.15, 0.2) is 176 Å². The van der Waals surface area contributed by atoms with Crippen molar-refractivity contribution >= 4 is 59.3 Å². The van der Waals surface area contributed by atoms with Crippen LogP contribution < -0.4 is 4.90 Å². The van der Waals surface area contributed by atoms with E-state index in [1.807, 2.05) is 11.3 Å². The number of nitrogens with zero attached hydrogens (tertiary/aromatic N) is 1. The smallest absolute Gasteiger partial charge is 0.0554 e. The topological polar surface area (TPSA) is 3.24 Å². The van der Waals surface area contributed by atoms with Crippen LogP contribution in [0.3, 0.4) is 0 Å². The van der Waals surface area contributed by atoms with E-state index in [4.69, 9.17) is 0 Å². The first-order valence-electron chi connectivity index (χ1n) is 17.7. The van der Waals surface area contributed by atoms with Crippen LogP contribution in [0, 0.1) is 0 Å². The van der Waals surface area contributed by atoms with E-state index in [0.29, 0.717) is 0 Å². The molecule has 0 atom stereocenters. The Hall–Kier alpha value is -5.96. The van der Waals surface area contributed by atoms with E-state index in [2.05, 4.69) is 195 Å². The molecule has 0 spiro atoms. The maximum atomic E-state index is 2.50. The van der Waals surface area contributed by atoms with Crippen LogP contribution in [0.4, 0.5) is 17.1 Å². The van der Waals surface area contributed by atoms with Crippen molar-refractivity contribution in [3.63, 3.8) is 0 Å². The predicted molar refractivity (Wildman–Crippen MR) is 220 cm³/mol. The molecule has 1 aliphatic rings. The zero-order valence-electron chi connectivity index (χ0n) is 28.6. The maximum Gasteiger partial charge on any atom is 0.0554 e. The first kappa shape index (κ1) is 29.9. The summed E-state index contributed by atoms with van der Waals surface area (Å²) in [5.74, 6) is 0. The molecule has 0 fully saturated rings. The molecule has 1 nitrogen and oxygen atoms in total. The van der Waals surface area contributed by atoms with Gasteiger partial charge in [-0.15, -0.1) is 11.3 Å². The van der Waals surface area contributed by atoms with Crippen molar-refractivity contribution in [3.8, 4) is 33.4 Å². The van der Waals surface area contributed by atoms with Crippen LogP contribution >= 0.6 is 11.3 Å². The zero-order chi connectivity index (χ0) is 34.1. The lowest BCUT2D eigenvalue weighted by Crippen LogP contribution is -2.16. The molecule has 0 saturated heterocycles. The number of rotatable bonds is 5. The molecule has 0 N–H and O–H groups in total. The number of benzene rings is 8. The minimum Gasteiger partial charge on any atom is -0.310 e. The van der Waals surface area contributed by atoms with Crippen LogP contribution in [0.2, 0.25) is 0 Å². The number of hydrogen-bond donors (Lipinski definition) is 0. The first-order chi connectivity index (χ1) is 25.1. The Morgan fingerprint density at radius 2 is 1.06 bits per heavy atom. The van der Waals surface area contributed by atoms with Gasteiger partial charge in [0.2, 0.25) is 0 Å². The number of hydrogen-bond acceptors (Lipinski definition) is 2. The Labute approximate surface area is 302 Å². The lowest BCUT2D eigenvalue weighted by molar-refractivity contribution is 0.660. The molecule has 0 unspecified atom stereocenters. The lowest BCUT2D eigenvalue weighted by Gasteiger charge is -2.29. The largest absolute Gasteiger partial charge is 0.310 e. The highest BCUT2D eigenvalue weighted by atomic mass is 32.1. The van der Waals surface area contributed by atoms with Gasteiger partial charge >= 0.3 is 0 Å². The Kier molecular flexibility index (Phi) is 6.78. The van der Waals surface area contributed by atoms with Gasteiger partial charge in [0.15, 0.2) is 0 Å². The normalized spacial score (nSPS) is 13.1. The monoisotopic (exact) mass is 669 g/mol. The fourth-order valence-corrected chi connectivity index (χ4v) is 9.60. The molecule has 1 aromatic heterocycles. The van der Waals surface area contributed by atoms with Crippen molar-refractivity contribution in [1.29, 1.82) is 0 Å². The summed E-state index contributed by atoms with van der Waals surface area (Å²) in [7, 11) is 0. The second-order valence-electron chi connectivity index (χ2n) is 14.1. The zero-order valence-corrected chi connectivity index (χ0v) is 29.4. The minimum atomic E-state index is -0.108. The highest BCUT2D eigenvalue weighted by Gasteiger charge is 2.36. The molecule has 0 radical (unpaired) electrons. The molecule has 0 bridgehead atoms. The van der Waals surface area contributed by atoms with E-state index in [-0.39, 0.29) is 5.41 Å². The molecule has 0 amide bonds. The van der Waals surface area contributed by atoms with Crippen LogP contribution in [-0.4, -0.2) is 0 Å². The van der Waals surface area contributed by atoms with Gasteiger partial charge in [0.25, 0.3) is 0 Å². The summed E-state index contributed by atoms with van der Waals surface area (Å²) in [6.07, 6.45) is 0. The molecule has 2 heteroatoms. The van der Waals surface area contributed by atoms with Gasteiger partial charge in [-0.2, -0.15) is 0 Å². The average molecular weight is 670 g/mol. The molecule has 9 aromatic rings. The average Bonchev–Trinajstić information content (AvgIpc) is 3.67. The van der Waals surface area contributed by atoms with Crippen LogP contribution in [-0.2, 0) is 5.41 Å². The standard InChI is InChI=1S/C49H35NS/c1-49(2)43-21-11-9-18-37(43)38-29-28-36(30-44(38)49)50(35-26-24-33(25-27-35)32-14-5-3-6-15-32)45-22-13-20-40-41(34-16-7-4-8-17-34)31-42-39-19-10-12-23-46(39)51-48(42)47(40)45/h3-31H,1-2H3.